The molecule has 0 amide bonds. The van der Waals surface area contributed by atoms with Gasteiger partial charge in [0.2, 0.25) is 5.67 Å². The average Bonchev–Trinajstić information content (AvgIpc) is 1.86. The van der Waals surface area contributed by atoms with Gasteiger partial charge in [-0.1, -0.05) is 0 Å². The van der Waals surface area contributed by atoms with E-state index >= 15 is 0 Å². The van der Waals surface area contributed by atoms with Crippen LogP contribution in [0.2, 0.25) is 0 Å². The third-order valence-corrected chi connectivity index (χ3v) is 0.862. The average molecular weight is 138 g/mol. The number of methoxy groups -OCH3 is 1. The van der Waals surface area contributed by atoms with Crippen LogP contribution in [0.3, 0.4) is 0 Å². The molecule has 0 fully saturated rings. The van der Waals surface area contributed by atoms with Crippen LogP contribution in [0.15, 0.2) is 0 Å². The van der Waals surface area contributed by atoms with Crippen LogP contribution < -0.4 is 0 Å². The van der Waals surface area contributed by atoms with Gasteiger partial charge in [-0.15, -0.1) is 0 Å². The van der Waals surface area contributed by atoms with E-state index in [-0.39, 0.29) is 0 Å². The Bertz CT molecular complexity index is 112. The van der Waals surface area contributed by atoms with Crippen LogP contribution in [0.25, 0.3) is 0 Å². The molecule has 0 rings (SSSR count). The molecule has 0 heterocycles. The molecule has 0 aromatic rings. The molecule has 1 atom stereocenters. The maximum Gasteiger partial charge on any atom is 0.346 e. The highest BCUT2D eigenvalue weighted by Gasteiger charge is 2.34. The van der Waals surface area contributed by atoms with Gasteiger partial charge in [0, 0.05) is 0 Å². The van der Waals surface area contributed by atoms with E-state index in [2.05, 4.69) is 4.74 Å². The van der Waals surface area contributed by atoms with Crippen molar-refractivity contribution in [1.29, 1.82) is 0 Å². The number of alkyl halides is 2. The van der Waals surface area contributed by atoms with Gasteiger partial charge in [-0.2, -0.15) is 0 Å². The summed E-state index contributed by atoms with van der Waals surface area (Å²) in [5, 5.41) is 0. The van der Waals surface area contributed by atoms with Gasteiger partial charge in [0.05, 0.1) is 7.11 Å². The highest BCUT2D eigenvalue weighted by atomic mass is 19.2. The van der Waals surface area contributed by atoms with Crippen molar-refractivity contribution >= 4 is 5.97 Å². The number of carbonyl (C=O) groups excluding carboxylic acids is 1. The summed E-state index contributed by atoms with van der Waals surface area (Å²) in [5.41, 5.74) is -2.48. The van der Waals surface area contributed by atoms with Crippen LogP contribution in [0.1, 0.15) is 6.92 Å². The third kappa shape index (κ3) is 1.95. The van der Waals surface area contributed by atoms with Crippen molar-refractivity contribution < 1.29 is 18.3 Å². The molecule has 1 unspecified atom stereocenters. The van der Waals surface area contributed by atoms with Gasteiger partial charge in [0.1, 0.15) is 6.67 Å². The fourth-order valence-electron chi connectivity index (χ4n) is 0.267. The first kappa shape index (κ1) is 8.33. The molecule has 0 bridgehead atoms. The quantitative estimate of drug-likeness (QED) is 0.529. The first-order valence-corrected chi connectivity index (χ1v) is 2.38. The van der Waals surface area contributed by atoms with Crippen LogP contribution in [0, 0.1) is 0 Å². The van der Waals surface area contributed by atoms with Gasteiger partial charge in [-0.3, -0.25) is 0 Å². The molecule has 0 aliphatic rings. The Morgan fingerprint density at radius 3 is 2.33 bits per heavy atom. The van der Waals surface area contributed by atoms with Gasteiger partial charge in [-0.25, -0.2) is 13.6 Å². The zero-order valence-electron chi connectivity index (χ0n) is 5.28. The Morgan fingerprint density at radius 1 is 1.78 bits per heavy atom. The van der Waals surface area contributed by atoms with E-state index in [9.17, 15) is 13.6 Å². The summed E-state index contributed by atoms with van der Waals surface area (Å²) in [5.74, 6) is -1.18. The fourth-order valence-corrected chi connectivity index (χ4v) is 0.267. The number of hydrogen-bond acceptors (Lipinski definition) is 2. The second-order valence-electron chi connectivity index (χ2n) is 1.82. The number of halogens is 2. The standard InChI is InChI=1S/C5H8F2O2/c1-5(7,3-6)4(8)9-2/h3H2,1-2H3. The lowest BCUT2D eigenvalue weighted by Crippen LogP contribution is -2.33. The lowest BCUT2D eigenvalue weighted by atomic mass is 10.2. The van der Waals surface area contributed by atoms with E-state index in [1.807, 2.05) is 0 Å². The molecule has 4 heteroatoms. The monoisotopic (exact) mass is 138 g/mol. The molecule has 0 aromatic heterocycles. The molecule has 0 saturated heterocycles. The number of hydrogen-bond donors (Lipinski definition) is 0. The summed E-state index contributed by atoms with van der Waals surface area (Å²) < 4.78 is 27.8. The number of carbonyl (C=O) groups is 1. The Morgan fingerprint density at radius 2 is 2.22 bits per heavy atom. The Hall–Kier alpha value is -0.670. The summed E-state index contributed by atoms with van der Waals surface area (Å²) in [6.45, 7) is -0.515. The van der Waals surface area contributed by atoms with Crippen molar-refractivity contribution in [2.45, 2.75) is 12.6 Å². The van der Waals surface area contributed by atoms with Crippen molar-refractivity contribution in [2.75, 3.05) is 13.8 Å². The molecule has 54 valence electrons. The van der Waals surface area contributed by atoms with Crippen LogP contribution in [-0.2, 0) is 9.53 Å². The summed E-state index contributed by atoms with van der Waals surface area (Å²) in [4.78, 5) is 10.2. The molecule has 0 aliphatic carbocycles. The minimum atomic E-state index is -2.48. The smallest absolute Gasteiger partial charge is 0.346 e. The molecule has 0 aliphatic heterocycles. The largest absolute Gasteiger partial charge is 0.467 e. The molecule has 0 saturated carbocycles. The second-order valence-corrected chi connectivity index (χ2v) is 1.82. The molecule has 0 N–H and O–H groups in total. The Labute approximate surface area is 51.8 Å². The highest BCUT2D eigenvalue weighted by Crippen LogP contribution is 2.11. The molecule has 0 spiro atoms. The Kier molecular flexibility index (Phi) is 2.55. The Balaban J connectivity index is 3.97. The molecular formula is C5H8F2O2. The van der Waals surface area contributed by atoms with Crippen molar-refractivity contribution in [2.24, 2.45) is 0 Å². The first-order valence-electron chi connectivity index (χ1n) is 2.38. The van der Waals surface area contributed by atoms with E-state index in [4.69, 9.17) is 0 Å². The van der Waals surface area contributed by atoms with Gasteiger partial charge in [0.15, 0.2) is 0 Å². The van der Waals surface area contributed by atoms with Crippen LogP contribution >= 0.6 is 0 Å². The SMILES string of the molecule is COC(=O)C(C)(F)CF. The lowest BCUT2D eigenvalue weighted by Gasteiger charge is -2.11. The van der Waals surface area contributed by atoms with Crippen LogP contribution in [-0.4, -0.2) is 25.4 Å². The minimum Gasteiger partial charge on any atom is -0.467 e. The number of rotatable bonds is 2. The molecule has 0 aromatic carbocycles. The van der Waals surface area contributed by atoms with E-state index < -0.39 is 18.3 Å². The molecule has 0 radical (unpaired) electrons. The summed E-state index contributed by atoms with van der Waals surface area (Å²) in [7, 11) is 1.01. The number of esters is 1. The molecule has 9 heavy (non-hydrogen) atoms. The van der Waals surface area contributed by atoms with Crippen molar-refractivity contribution in [3.8, 4) is 0 Å². The van der Waals surface area contributed by atoms with Crippen LogP contribution in [0.5, 0.6) is 0 Å². The van der Waals surface area contributed by atoms with Gasteiger partial charge >= 0.3 is 5.97 Å². The predicted octanol–water partition coefficient (Wildman–Crippen LogP) is 0.857. The van der Waals surface area contributed by atoms with Crippen molar-refractivity contribution in [3.63, 3.8) is 0 Å². The lowest BCUT2D eigenvalue weighted by molar-refractivity contribution is -0.154. The highest BCUT2D eigenvalue weighted by molar-refractivity contribution is 5.78. The van der Waals surface area contributed by atoms with Crippen molar-refractivity contribution in [3.05, 3.63) is 0 Å². The summed E-state index contributed by atoms with van der Waals surface area (Å²) in [6, 6.07) is 0. The predicted molar refractivity (Wildman–Crippen MR) is 27.5 cm³/mol. The number of ether oxygens (including phenoxy) is 1. The zero-order chi connectivity index (χ0) is 7.49. The van der Waals surface area contributed by atoms with E-state index in [1.165, 1.54) is 0 Å². The fraction of sp³-hybridized carbons (Fsp3) is 0.800. The molecule has 2 nitrogen and oxygen atoms in total. The maximum absolute atomic E-state index is 12.4. The second kappa shape index (κ2) is 2.75. The van der Waals surface area contributed by atoms with E-state index in [1.54, 1.807) is 0 Å². The zero-order valence-corrected chi connectivity index (χ0v) is 5.28. The van der Waals surface area contributed by atoms with Crippen LogP contribution in [0.4, 0.5) is 8.78 Å². The van der Waals surface area contributed by atoms with Gasteiger partial charge in [0.25, 0.3) is 0 Å². The third-order valence-electron chi connectivity index (χ3n) is 0.862. The summed E-state index contributed by atoms with van der Waals surface area (Å²) >= 11 is 0. The summed E-state index contributed by atoms with van der Waals surface area (Å²) in [6.07, 6.45) is 0. The van der Waals surface area contributed by atoms with E-state index in [0.717, 1.165) is 14.0 Å². The van der Waals surface area contributed by atoms with Crippen molar-refractivity contribution in [1.82, 2.24) is 0 Å². The normalized spacial score (nSPS) is 16.4. The topological polar surface area (TPSA) is 26.3 Å². The first-order chi connectivity index (χ1) is 4.04. The maximum atomic E-state index is 12.4. The minimum absolute atomic E-state index is 0.832. The molecular weight excluding hydrogens is 130 g/mol. The van der Waals surface area contributed by atoms with E-state index in [0.29, 0.717) is 0 Å². The van der Waals surface area contributed by atoms with Gasteiger partial charge < -0.3 is 4.74 Å². The van der Waals surface area contributed by atoms with Gasteiger partial charge in [-0.05, 0) is 6.92 Å².